The summed E-state index contributed by atoms with van der Waals surface area (Å²) in [7, 11) is 2.02. The largest absolute Gasteiger partial charge is 0.331 e. The number of amides is 1. The molecule has 1 N–H and O–H groups in total. The van der Waals surface area contributed by atoms with E-state index in [1.54, 1.807) is 0 Å². The molecule has 0 saturated carbocycles. The third-order valence-electron chi connectivity index (χ3n) is 3.80. The van der Waals surface area contributed by atoms with E-state index >= 15 is 0 Å². The third-order valence-corrected chi connectivity index (χ3v) is 4.87. The first-order valence-electron chi connectivity index (χ1n) is 7.58. The van der Waals surface area contributed by atoms with Gasteiger partial charge in [-0.3, -0.25) is 4.79 Å². The van der Waals surface area contributed by atoms with Crippen molar-refractivity contribution in [2.45, 2.75) is 33.6 Å². The van der Waals surface area contributed by atoms with Gasteiger partial charge in [0.15, 0.2) is 0 Å². The van der Waals surface area contributed by atoms with Crippen LogP contribution in [0.15, 0.2) is 18.2 Å². The Morgan fingerprint density at radius 1 is 1.26 bits per heavy atom. The number of aromatic nitrogens is 3. The lowest BCUT2D eigenvalue weighted by molar-refractivity contribution is 0.103. The van der Waals surface area contributed by atoms with Crippen LogP contribution < -0.4 is 5.32 Å². The summed E-state index contributed by atoms with van der Waals surface area (Å²) in [4.78, 5) is 22.0. The lowest BCUT2D eigenvalue weighted by Gasteiger charge is -2.05. The van der Waals surface area contributed by atoms with E-state index < -0.39 is 0 Å². The summed E-state index contributed by atoms with van der Waals surface area (Å²) in [5, 5.41) is 3.84. The first-order valence-corrected chi connectivity index (χ1v) is 8.40. The summed E-state index contributed by atoms with van der Waals surface area (Å²) >= 11 is 1.41. The molecule has 0 aliphatic heterocycles. The molecule has 2 aromatic heterocycles. The van der Waals surface area contributed by atoms with Gasteiger partial charge in [-0.2, -0.15) is 0 Å². The van der Waals surface area contributed by atoms with E-state index in [9.17, 15) is 4.79 Å². The van der Waals surface area contributed by atoms with Crippen molar-refractivity contribution in [3.8, 4) is 0 Å². The van der Waals surface area contributed by atoms with Crippen molar-refractivity contribution in [1.29, 1.82) is 0 Å². The molecule has 0 fully saturated rings. The molecule has 0 radical (unpaired) electrons. The van der Waals surface area contributed by atoms with Gasteiger partial charge in [0.2, 0.25) is 0 Å². The van der Waals surface area contributed by atoms with Crippen molar-refractivity contribution in [1.82, 2.24) is 14.5 Å². The van der Waals surface area contributed by atoms with Gasteiger partial charge in [-0.1, -0.05) is 13.8 Å². The number of thiazole rings is 1. The zero-order valence-corrected chi connectivity index (χ0v) is 14.8. The van der Waals surface area contributed by atoms with Gasteiger partial charge in [-0.25, -0.2) is 9.97 Å². The van der Waals surface area contributed by atoms with E-state index in [4.69, 9.17) is 0 Å². The summed E-state index contributed by atoms with van der Waals surface area (Å²) in [6.45, 7) is 8.01. The lowest BCUT2D eigenvalue weighted by Crippen LogP contribution is -2.11. The van der Waals surface area contributed by atoms with E-state index in [2.05, 4.69) is 33.7 Å². The molecule has 3 rings (SSSR count). The van der Waals surface area contributed by atoms with E-state index in [-0.39, 0.29) is 5.91 Å². The van der Waals surface area contributed by atoms with Crippen LogP contribution in [0.2, 0.25) is 0 Å². The van der Waals surface area contributed by atoms with Crippen molar-refractivity contribution in [2.24, 2.45) is 7.05 Å². The standard InChI is InChI=1S/C17H20N4OS/c1-9(2)16-20-13-8-12(6-7-14(13)21(16)5)19-17(22)15-10(3)18-11(4)23-15/h6-9H,1-5H3,(H,19,22). The van der Waals surface area contributed by atoms with E-state index in [1.807, 2.05) is 39.1 Å². The van der Waals surface area contributed by atoms with Gasteiger partial charge >= 0.3 is 0 Å². The van der Waals surface area contributed by atoms with Gasteiger partial charge < -0.3 is 9.88 Å². The first kappa shape index (κ1) is 15.7. The highest BCUT2D eigenvalue weighted by atomic mass is 32.1. The van der Waals surface area contributed by atoms with Crippen LogP contribution in [0.5, 0.6) is 0 Å². The Morgan fingerprint density at radius 2 is 2.00 bits per heavy atom. The lowest BCUT2D eigenvalue weighted by atomic mass is 10.2. The van der Waals surface area contributed by atoms with Gasteiger partial charge in [-0.05, 0) is 32.0 Å². The van der Waals surface area contributed by atoms with Crippen LogP contribution in [0, 0.1) is 13.8 Å². The number of rotatable bonds is 3. The summed E-state index contributed by atoms with van der Waals surface area (Å²) in [6, 6.07) is 5.83. The first-order chi connectivity index (χ1) is 10.9. The zero-order chi connectivity index (χ0) is 16.7. The molecule has 0 atom stereocenters. The molecule has 0 bridgehead atoms. The second-order valence-corrected chi connectivity index (χ2v) is 7.19. The average Bonchev–Trinajstić information content (AvgIpc) is 2.99. The SMILES string of the molecule is Cc1nc(C)c(C(=O)Nc2ccc3c(c2)nc(C(C)C)n3C)s1. The number of nitrogens with one attached hydrogen (secondary N) is 1. The molecule has 1 aromatic carbocycles. The summed E-state index contributed by atoms with van der Waals surface area (Å²) < 4.78 is 2.10. The topological polar surface area (TPSA) is 59.8 Å². The fourth-order valence-electron chi connectivity index (χ4n) is 2.74. The summed E-state index contributed by atoms with van der Waals surface area (Å²) in [6.07, 6.45) is 0. The van der Waals surface area contributed by atoms with Crippen LogP contribution in [0.1, 0.15) is 46.0 Å². The van der Waals surface area contributed by atoms with Gasteiger partial charge in [-0.15, -0.1) is 11.3 Å². The summed E-state index contributed by atoms with van der Waals surface area (Å²) in [5.41, 5.74) is 3.48. The highest BCUT2D eigenvalue weighted by Gasteiger charge is 2.15. The molecule has 120 valence electrons. The normalized spacial score (nSPS) is 11.4. The Balaban J connectivity index is 1.92. The van der Waals surface area contributed by atoms with Crippen molar-refractivity contribution < 1.29 is 4.79 Å². The molecule has 2 heterocycles. The number of aryl methyl sites for hydroxylation is 3. The molecular weight excluding hydrogens is 308 g/mol. The monoisotopic (exact) mass is 328 g/mol. The molecule has 1 amide bonds. The fourth-order valence-corrected chi connectivity index (χ4v) is 3.56. The van der Waals surface area contributed by atoms with E-state index in [1.165, 1.54) is 11.3 Å². The van der Waals surface area contributed by atoms with Crippen molar-refractivity contribution in [2.75, 3.05) is 5.32 Å². The minimum absolute atomic E-state index is 0.118. The zero-order valence-electron chi connectivity index (χ0n) is 14.0. The Morgan fingerprint density at radius 3 is 2.61 bits per heavy atom. The second kappa shape index (κ2) is 5.77. The Bertz CT molecular complexity index is 892. The highest BCUT2D eigenvalue weighted by molar-refractivity contribution is 7.13. The molecule has 0 spiro atoms. The predicted octanol–water partition coefficient (Wildman–Crippen LogP) is 4.02. The molecule has 0 unspecified atom stereocenters. The van der Waals surface area contributed by atoms with E-state index in [0.717, 1.165) is 33.2 Å². The molecule has 3 aromatic rings. The number of benzene rings is 1. The minimum atomic E-state index is -0.118. The Labute approximate surface area is 139 Å². The quantitative estimate of drug-likeness (QED) is 0.790. The van der Waals surface area contributed by atoms with Crippen LogP contribution in [-0.4, -0.2) is 20.4 Å². The average molecular weight is 328 g/mol. The maximum absolute atomic E-state index is 12.4. The number of anilines is 1. The number of carbonyl (C=O) groups excluding carboxylic acids is 1. The van der Waals surface area contributed by atoms with Crippen molar-refractivity contribution in [3.63, 3.8) is 0 Å². The molecule has 23 heavy (non-hydrogen) atoms. The molecule has 0 aliphatic carbocycles. The molecule has 0 aliphatic rings. The number of hydrogen-bond acceptors (Lipinski definition) is 4. The van der Waals surface area contributed by atoms with Crippen LogP contribution in [0.3, 0.4) is 0 Å². The smallest absolute Gasteiger partial charge is 0.267 e. The minimum Gasteiger partial charge on any atom is -0.331 e. The second-order valence-electron chi connectivity index (χ2n) is 5.99. The van der Waals surface area contributed by atoms with Gasteiger partial charge in [0, 0.05) is 18.7 Å². The van der Waals surface area contributed by atoms with Crippen molar-refractivity contribution >= 4 is 34.0 Å². The van der Waals surface area contributed by atoms with Crippen LogP contribution in [-0.2, 0) is 7.05 Å². The fraction of sp³-hybridized carbons (Fsp3) is 0.353. The number of nitrogens with zero attached hydrogens (tertiary/aromatic N) is 3. The third kappa shape index (κ3) is 2.86. The number of carbonyl (C=O) groups is 1. The maximum atomic E-state index is 12.4. The van der Waals surface area contributed by atoms with Crippen LogP contribution >= 0.6 is 11.3 Å². The van der Waals surface area contributed by atoms with Crippen LogP contribution in [0.4, 0.5) is 5.69 Å². The highest BCUT2D eigenvalue weighted by Crippen LogP contribution is 2.24. The molecular formula is C17H20N4OS. The Kier molecular flexibility index (Phi) is 3.93. The number of fused-ring (bicyclic) bond motifs is 1. The maximum Gasteiger partial charge on any atom is 0.267 e. The van der Waals surface area contributed by atoms with Gasteiger partial charge in [0.25, 0.3) is 5.91 Å². The number of imidazole rings is 1. The summed E-state index contributed by atoms with van der Waals surface area (Å²) in [5.74, 6) is 1.28. The molecule has 5 nitrogen and oxygen atoms in total. The Hall–Kier alpha value is -2.21. The van der Waals surface area contributed by atoms with Crippen molar-refractivity contribution in [3.05, 3.63) is 39.6 Å². The van der Waals surface area contributed by atoms with Gasteiger partial charge in [0.1, 0.15) is 10.7 Å². The van der Waals surface area contributed by atoms with E-state index in [0.29, 0.717) is 10.8 Å². The molecule has 6 heteroatoms. The number of hydrogen-bond donors (Lipinski definition) is 1. The van der Waals surface area contributed by atoms with Gasteiger partial charge in [0.05, 0.1) is 21.7 Å². The van der Waals surface area contributed by atoms with Crippen LogP contribution in [0.25, 0.3) is 11.0 Å². The molecule has 0 saturated heterocycles. The predicted molar refractivity (Wildman–Crippen MR) is 94.3 cm³/mol.